The number of rotatable bonds is 5. The molecule has 1 heterocycles. The quantitative estimate of drug-likeness (QED) is 0.477. The lowest BCUT2D eigenvalue weighted by Gasteiger charge is -2.05. The predicted molar refractivity (Wildman–Crippen MR) is 67.7 cm³/mol. The van der Waals surface area contributed by atoms with Crippen molar-refractivity contribution in [2.45, 2.75) is 18.0 Å². The molecule has 2 aromatic rings. The molecule has 0 saturated heterocycles. The van der Waals surface area contributed by atoms with Crippen molar-refractivity contribution in [3.8, 4) is 5.75 Å². The molecule has 0 aliphatic carbocycles. The second-order valence-corrected chi connectivity index (χ2v) is 3.95. The minimum Gasteiger partial charge on any atom is -0.494 e. The fourth-order valence-corrected chi connectivity index (χ4v) is 1.58. The number of nitrogen functional groups attached to an aromatic ring is 1. The third-order valence-electron chi connectivity index (χ3n) is 2.31. The minimum atomic E-state index is 0.420. The summed E-state index contributed by atoms with van der Waals surface area (Å²) in [5.74, 6) is 7.26. The highest BCUT2D eigenvalue weighted by molar-refractivity contribution is 7.80. The summed E-state index contributed by atoms with van der Waals surface area (Å²) >= 11 is 4.05. The van der Waals surface area contributed by atoms with Crippen LogP contribution >= 0.6 is 12.6 Å². The molecule has 1 aromatic heterocycles. The van der Waals surface area contributed by atoms with Gasteiger partial charge in [0, 0.05) is 6.42 Å². The standard InChI is InChI=1S/C11H14N4OS/c12-15-10(13-14-11(15)17)7-4-8-16-9-5-2-1-3-6-9/h1-3,5-6H,4,7-8,12H2,(H,14,17). The molecule has 90 valence electrons. The molecule has 5 nitrogen and oxygen atoms in total. The first-order valence-corrected chi connectivity index (χ1v) is 5.78. The maximum Gasteiger partial charge on any atom is 0.206 e. The molecule has 0 atom stereocenters. The van der Waals surface area contributed by atoms with Crippen LogP contribution in [-0.4, -0.2) is 21.5 Å². The normalized spacial score (nSPS) is 10.4. The second kappa shape index (κ2) is 5.58. The Morgan fingerprint density at radius 3 is 2.65 bits per heavy atom. The highest BCUT2D eigenvalue weighted by atomic mass is 32.1. The number of hydrogen-bond donors (Lipinski definition) is 2. The molecular formula is C11H14N4OS. The maximum absolute atomic E-state index is 5.67. The Bertz CT molecular complexity index is 472. The van der Waals surface area contributed by atoms with Crippen LogP contribution in [0, 0.1) is 0 Å². The van der Waals surface area contributed by atoms with Crippen LogP contribution in [0.2, 0.25) is 0 Å². The van der Waals surface area contributed by atoms with E-state index in [1.807, 2.05) is 30.3 Å². The van der Waals surface area contributed by atoms with Crippen LogP contribution in [0.5, 0.6) is 5.75 Å². The predicted octanol–water partition coefficient (Wildman–Crippen LogP) is 1.29. The van der Waals surface area contributed by atoms with E-state index in [1.165, 1.54) is 4.68 Å². The molecule has 0 fully saturated rings. The van der Waals surface area contributed by atoms with Gasteiger partial charge >= 0.3 is 0 Å². The minimum absolute atomic E-state index is 0.420. The second-order valence-electron chi connectivity index (χ2n) is 3.55. The van der Waals surface area contributed by atoms with E-state index in [4.69, 9.17) is 10.6 Å². The van der Waals surface area contributed by atoms with E-state index in [0.29, 0.717) is 17.6 Å². The van der Waals surface area contributed by atoms with Crippen molar-refractivity contribution in [1.82, 2.24) is 14.9 Å². The van der Waals surface area contributed by atoms with Crippen molar-refractivity contribution >= 4 is 12.6 Å². The smallest absolute Gasteiger partial charge is 0.206 e. The van der Waals surface area contributed by atoms with Gasteiger partial charge < -0.3 is 10.6 Å². The highest BCUT2D eigenvalue weighted by Gasteiger charge is 2.05. The molecule has 0 spiro atoms. The Hall–Kier alpha value is -1.69. The van der Waals surface area contributed by atoms with Crippen LogP contribution in [-0.2, 0) is 6.42 Å². The molecule has 1 aromatic carbocycles. The molecular weight excluding hydrogens is 236 g/mol. The summed E-state index contributed by atoms with van der Waals surface area (Å²) in [6, 6.07) is 9.70. The number of nitrogens with two attached hydrogens (primary N) is 1. The fourth-order valence-electron chi connectivity index (χ4n) is 1.42. The van der Waals surface area contributed by atoms with E-state index in [-0.39, 0.29) is 0 Å². The zero-order chi connectivity index (χ0) is 12.1. The summed E-state index contributed by atoms with van der Waals surface area (Å²) in [6.07, 6.45) is 1.55. The highest BCUT2D eigenvalue weighted by Crippen LogP contribution is 2.09. The summed E-state index contributed by atoms with van der Waals surface area (Å²) in [6.45, 7) is 0.624. The Morgan fingerprint density at radius 1 is 1.24 bits per heavy atom. The van der Waals surface area contributed by atoms with Gasteiger partial charge in [0.1, 0.15) is 5.75 Å². The first kappa shape index (κ1) is 11.8. The number of aromatic nitrogens is 3. The fraction of sp³-hybridized carbons (Fsp3) is 0.273. The Kier molecular flexibility index (Phi) is 3.87. The average Bonchev–Trinajstić information content (AvgIpc) is 2.67. The van der Waals surface area contributed by atoms with Crippen molar-refractivity contribution < 1.29 is 4.74 Å². The molecule has 0 saturated carbocycles. The van der Waals surface area contributed by atoms with Gasteiger partial charge in [0.05, 0.1) is 6.61 Å². The van der Waals surface area contributed by atoms with Gasteiger partial charge in [-0.2, -0.15) is 0 Å². The lowest BCUT2D eigenvalue weighted by Crippen LogP contribution is -2.14. The van der Waals surface area contributed by atoms with Crippen molar-refractivity contribution in [2.75, 3.05) is 12.4 Å². The largest absolute Gasteiger partial charge is 0.494 e. The SMILES string of the molecule is Nn1c(S)nnc1CCCOc1ccccc1. The lowest BCUT2D eigenvalue weighted by molar-refractivity contribution is 0.309. The zero-order valence-corrected chi connectivity index (χ0v) is 10.2. The van der Waals surface area contributed by atoms with Crippen LogP contribution in [0.25, 0.3) is 0 Å². The van der Waals surface area contributed by atoms with E-state index in [2.05, 4.69) is 22.8 Å². The number of para-hydroxylation sites is 1. The molecule has 0 aliphatic rings. The van der Waals surface area contributed by atoms with Crippen molar-refractivity contribution in [1.29, 1.82) is 0 Å². The van der Waals surface area contributed by atoms with Gasteiger partial charge in [0.25, 0.3) is 0 Å². The van der Waals surface area contributed by atoms with Gasteiger partial charge in [-0.1, -0.05) is 18.2 Å². The van der Waals surface area contributed by atoms with Gasteiger partial charge in [-0.25, -0.2) is 4.68 Å². The lowest BCUT2D eigenvalue weighted by atomic mass is 10.3. The molecule has 0 radical (unpaired) electrons. The summed E-state index contributed by atoms with van der Waals surface area (Å²) in [4.78, 5) is 0. The summed E-state index contributed by atoms with van der Waals surface area (Å²) in [5, 5.41) is 8.10. The average molecular weight is 250 g/mol. The van der Waals surface area contributed by atoms with Crippen molar-refractivity contribution in [3.05, 3.63) is 36.2 Å². The van der Waals surface area contributed by atoms with Crippen LogP contribution in [0.1, 0.15) is 12.2 Å². The van der Waals surface area contributed by atoms with Gasteiger partial charge in [-0.3, -0.25) is 0 Å². The van der Waals surface area contributed by atoms with Crippen molar-refractivity contribution in [2.24, 2.45) is 0 Å². The summed E-state index contributed by atoms with van der Waals surface area (Å²) in [5.41, 5.74) is 0. The molecule has 17 heavy (non-hydrogen) atoms. The van der Waals surface area contributed by atoms with E-state index in [1.54, 1.807) is 0 Å². The zero-order valence-electron chi connectivity index (χ0n) is 9.28. The van der Waals surface area contributed by atoms with Gasteiger partial charge in [-0.15, -0.1) is 22.8 Å². The van der Waals surface area contributed by atoms with E-state index < -0.39 is 0 Å². The van der Waals surface area contributed by atoms with E-state index >= 15 is 0 Å². The first-order valence-electron chi connectivity index (χ1n) is 5.33. The van der Waals surface area contributed by atoms with Gasteiger partial charge in [-0.05, 0) is 18.6 Å². The third kappa shape index (κ3) is 3.13. The molecule has 0 amide bonds. The van der Waals surface area contributed by atoms with E-state index in [9.17, 15) is 0 Å². The molecule has 2 rings (SSSR count). The number of nitrogens with zero attached hydrogens (tertiary/aromatic N) is 3. The number of aryl methyl sites for hydroxylation is 1. The van der Waals surface area contributed by atoms with Gasteiger partial charge in [0.2, 0.25) is 5.16 Å². The molecule has 2 N–H and O–H groups in total. The topological polar surface area (TPSA) is 66.0 Å². The molecule has 0 aliphatic heterocycles. The molecule has 6 heteroatoms. The number of thiol groups is 1. The maximum atomic E-state index is 5.67. The Balaban J connectivity index is 1.75. The van der Waals surface area contributed by atoms with E-state index in [0.717, 1.165) is 18.6 Å². The Morgan fingerprint density at radius 2 is 2.00 bits per heavy atom. The van der Waals surface area contributed by atoms with Crippen LogP contribution in [0.4, 0.5) is 0 Å². The molecule has 0 bridgehead atoms. The van der Waals surface area contributed by atoms with Crippen molar-refractivity contribution in [3.63, 3.8) is 0 Å². The first-order chi connectivity index (χ1) is 8.27. The number of ether oxygens (including phenoxy) is 1. The Labute approximate surface area is 105 Å². The van der Waals surface area contributed by atoms with Gasteiger partial charge in [0.15, 0.2) is 5.82 Å². The van der Waals surface area contributed by atoms with Crippen LogP contribution < -0.4 is 10.6 Å². The number of hydrogen-bond acceptors (Lipinski definition) is 5. The number of benzene rings is 1. The summed E-state index contributed by atoms with van der Waals surface area (Å²) < 4.78 is 6.94. The molecule has 0 unspecified atom stereocenters. The van der Waals surface area contributed by atoms with Crippen LogP contribution in [0.3, 0.4) is 0 Å². The third-order valence-corrected chi connectivity index (χ3v) is 2.61. The van der Waals surface area contributed by atoms with Crippen LogP contribution in [0.15, 0.2) is 35.5 Å². The summed E-state index contributed by atoms with van der Waals surface area (Å²) in [7, 11) is 0. The monoisotopic (exact) mass is 250 g/mol.